The van der Waals surface area contributed by atoms with E-state index in [1.165, 1.54) is 23.1 Å². The molecule has 2 fully saturated rings. The molecule has 4 rings (SSSR count). The Hall–Kier alpha value is -3.00. The molecule has 2 aliphatic rings. The van der Waals surface area contributed by atoms with Crippen molar-refractivity contribution in [3.8, 4) is 0 Å². The van der Waals surface area contributed by atoms with Crippen molar-refractivity contribution >= 4 is 34.9 Å². The number of carbonyl (C=O) groups excluding carboxylic acids is 1. The Kier molecular flexibility index (Phi) is 9.49. The number of hydrogen-bond acceptors (Lipinski definition) is 6. The number of carboxylic acids is 1. The van der Waals surface area contributed by atoms with Gasteiger partial charge >= 0.3 is 12.1 Å². The number of alkyl halides is 3. The summed E-state index contributed by atoms with van der Waals surface area (Å²) in [4.78, 5) is 29.6. The lowest BCUT2D eigenvalue weighted by atomic mass is 10.1. The number of rotatable bonds is 8. The molecule has 8 nitrogen and oxygen atoms in total. The highest BCUT2D eigenvalue weighted by molar-refractivity contribution is 6.31. The lowest BCUT2D eigenvalue weighted by molar-refractivity contribution is -0.144. The van der Waals surface area contributed by atoms with Crippen LogP contribution in [0.25, 0.3) is 0 Å². The minimum absolute atomic E-state index is 0.0715. The van der Waals surface area contributed by atoms with Crippen molar-refractivity contribution in [3.63, 3.8) is 0 Å². The summed E-state index contributed by atoms with van der Waals surface area (Å²) in [6.07, 6.45) is -5.14. The fourth-order valence-electron chi connectivity index (χ4n) is 4.84. The van der Waals surface area contributed by atoms with Gasteiger partial charge in [0.2, 0.25) is 0 Å². The number of hydrogen-bond donors (Lipinski definition) is 3. The predicted molar refractivity (Wildman–Crippen MR) is 140 cm³/mol. The largest absolute Gasteiger partial charge is 0.480 e. The zero-order valence-corrected chi connectivity index (χ0v) is 22.2. The first-order chi connectivity index (χ1) is 18.9. The number of carbonyl (C=O) groups is 2. The van der Waals surface area contributed by atoms with Crippen LogP contribution in [0.15, 0.2) is 30.3 Å². The minimum atomic E-state index is -4.24. The van der Waals surface area contributed by atoms with Crippen LogP contribution in [0, 0.1) is 11.6 Å². The van der Waals surface area contributed by atoms with Crippen LogP contribution in [0.4, 0.5) is 33.3 Å². The normalized spacial score (nSPS) is 19.1. The Balaban J connectivity index is 1.46. The van der Waals surface area contributed by atoms with Gasteiger partial charge in [0.05, 0.1) is 23.4 Å². The van der Waals surface area contributed by atoms with Crippen LogP contribution in [-0.4, -0.2) is 91.4 Å². The molecule has 40 heavy (non-hydrogen) atoms. The van der Waals surface area contributed by atoms with Gasteiger partial charge in [-0.25, -0.2) is 8.78 Å². The van der Waals surface area contributed by atoms with Crippen LogP contribution in [0.2, 0.25) is 5.02 Å². The fourth-order valence-corrected chi connectivity index (χ4v) is 5.01. The Bertz CT molecular complexity index is 1240. The number of amides is 1. The van der Waals surface area contributed by atoms with E-state index in [1.54, 1.807) is 11.0 Å². The molecular formula is C26H29ClF5N5O3. The molecule has 1 unspecified atom stereocenters. The maximum absolute atomic E-state index is 15.0. The zero-order valence-electron chi connectivity index (χ0n) is 21.4. The highest BCUT2D eigenvalue weighted by atomic mass is 35.5. The smallest absolute Gasteiger partial charge is 0.390 e. The summed E-state index contributed by atoms with van der Waals surface area (Å²) in [6, 6.07) is 6.15. The van der Waals surface area contributed by atoms with Crippen molar-refractivity contribution < 1.29 is 36.6 Å². The summed E-state index contributed by atoms with van der Waals surface area (Å²) in [6.45, 7) is 2.25. The molecule has 0 spiro atoms. The summed E-state index contributed by atoms with van der Waals surface area (Å²) in [5.74, 6) is -4.57. The first kappa shape index (κ1) is 30.0. The number of carboxylic acid groups (broad SMARTS) is 1. The highest BCUT2D eigenvalue weighted by Crippen LogP contribution is 2.31. The van der Waals surface area contributed by atoms with Gasteiger partial charge in [0.1, 0.15) is 6.04 Å². The van der Waals surface area contributed by atoms with E-state index >= 15 is 4.39 Å². The summed E-state index contributed by atoms with van der Waals surface area (Å²) in [7, 11) is 0. The minimum Gasteiger partial charge on any atom is -0.480 e. The van der Waals surface area contributed by atoms with Crippen LogP contribution >= 0.6 is 11.6 Å². The molecule has 1 amide bonds. The third-order valence-corrected chi connectivity index (χ3v) is 7.29. The van der Waals surface area contributed by atoms with Gasteiger partial charge in [0, 0.05) is 69.5 Å². The highest BCUT2D eigenvalue weighted by Gasteiger charge is 2.31. The topological polar surface area (TPSA) is 88.2 Å². The molecule has 0 bridgehead atoms. The molecule has 2 heterocycles. The summed E-state index contributed by atoms with van der Waals surface area (Å²) < 4.78 is 67.7. The van der Waals surface area contributed by atoms with Crippen molar-refractivity contribution in [3.05, 3.63) is 58.1 Å². The number of aliphatic carboxylic acids is 1. The van der Waals surface area contributed by atoms with Gasteiger partial charge in [0.15, 0.2) is 11.6 Å². The van der Waals surface area contributed by atoms with E-state index in [1.807, 2.05) is 4.90 Å². The van der Waals surface area contributed by atoms with Gasteiger partial charge in [-0.3, -0.25) is 19.4 Å². The Morgan fingerprint density at radius 2 is 1.77 bits per heavy atom. The SMILES string of the molecule is O=C(Nc1ccc(Cl)cc1N1CCN(CCC(F)(F)F)CC1)c1ccc(CN2CCNCC2C(=O)O)c(F)c1F. The molecule has 14 heteroatoms. The summed E-state index contributed by atoms with van der Waals surface area (Å²) >= 11 is 6.16. The van der Waals surface area contributed by atoms with Crippen LogP contribution < -0.4 is 15.5 Å². The zero-order chi connectivity index (χ0) is 29.0. The van der Waals surface area contributed by atoms with E-state index in [0.717, 1.165) is 6.07 Å². The maximum atomic E-state index is 15.0. The van der Waals surface area contributed by atoms with E-state index in [2.05, 4.69) is 10.6 Å². The number of nitrogens with one attached hydrogen (secondary N) is 2. The van der Waals surface area contributed by atoms with Crippen LogP contribution in [0.1, 0.15) is 22.3 Å². The second-order valence-electron chi connectivity index (χ2n) is 9.74. The quantitative estimate of drug-likeness (QED) is 0.404. The molecular weight excluding hydrogens is 561 g/mol. The van der Waals surface area contributed by atoms with Gasteiger partial charge in [-0.2, -0.15) is 13.2 Å². The van der Waals surface area contributed by atoms with Gasteiger partial charge in [0.25, 0.3) is 5.91 Å². The molecule has 218 valence electrons. The first-order valence-electron chi connectivity index (χ1n) is 12.7. The standard InChI is InChI=1S/C26H29ClF5N5O3/c27-17-2-4-19(20(13-17)36-11-9-35(10-12-36)7-5-26(30,31)32)34-24(38)18-3-1-16(22(28)23(18)29)15-37-8-6-33-14-21(37)25(39)40/h1-4,13,21,33H,5-12,14-15H2,(H,34,38)(H,39,40). The van der Waals surface area contributed by atoms with Crippen molar-refractivity contribution in [1.29, 1.82) is 0 Å². The van der Waals surface area contributed by atoms with Crippen LogP contribution in [-0.2, 0) is 11.3 Å². The molecule has 0 aromatic heterocycles. The Morgan fingerprint density at radius 1 is 1.05 bits per heavy atom. The van der Waals surface area contributed by atoms with Gasteiger partial charge in [-0.1, -0.05) is 17.7 Å². The van der Waals surface area contributed by atoms with E-state index in [0.29, 0.717) is 50.0 Å². The van der Waals surface area contributed by atoms with Crippen molar-refractivity contribution in [2.75, 3.05) is 62.6 Å². The van der Waals surface area contributed by atoms with E-state index in [-0.39, 0.29) is 30.9 Å². The van der Waals surface area contributed by atoms with Crippen LogP contribution in [0.3, 0.4) is 0 Å². The van der Waals surface area contributed by atoms with Gasteiger partial charge in [-0.15, -0.1) is 0 Å². The van der Waals surface area contributed by atoms with Crippen molar-refractivity contribution in [2.24, 2.45) is 0 Å². The fraction of sp³-hybridized carbons (Fsp3) is 0.462. The number of nitrogens with zero attached hydrogens (tertiary/aromatic N) is 3. The Labute approximate surface area is 232 Å². The molecule has 2 aromatic carbocycles. The summed E-state index contributed by atoms with van der Waals surface area (Å²) in [5, 5.41) is 15.3. The molecule has 0 aliphatic carbocycles. The molecule has 2 aromatic rings. The number of piperazine rings is 2. The van der Waals surface area contributed by atoms with Crippen molar-refractivity contribution in [2.45, 2.75) is 25.2 Å². The first-order valence-corrected chi connectivity index (χ1v) is 13.1. The molecule has 2 aliphatic heterocycles. The van der Waals surface area contributed by atoms with E-state index in [9.17, 15) is 32.3 Å². The third-order valence-electron chi connectivity index (χ3n) is 7.05. The second kappa shape index (κ2) is 12.7. The van der Waals surface area contributed by atoms with E-state index < -0.39 is 47.7 Å². The molecule has 0 saturated carbocycles. The Morgan fingerprint density at radius 3 is 2.45 bits per heavy atom. The number of anilines is 2. The predicted octanol–water partition coefficient (Wildman–Crippen LogP) is 3.80. The third kappa shape index (κ3) is 7.39. The molecule has 1 atom stereocenters. The lowest BCUT2D eigenvalue weighted by Gasteiger charge is -2.37. The van der Waals surface area contributed by atoms with Gasteiger partial charge < -0.3 is 20.6 Å². The van der Waals surface area contributed by atoms with E-state index in [4.69, 9.17) is 11.6 Å². The average Bonchev–Trinajstić information content (AvgIpc) is 2.91. The van der Waals surface area contributed by atoms with Crippen LogP contribution in [0.5, 0.6) is 0 Å². The number of halogens is 6. The average molecular weight is 590 g/mol. The maximum Gasteiger partial charge on any atom is 0.390 e. The molecule has 0 radical (unpaired) electrons. The van der Waals surface area contributed by atoms with Gasteiger partial charge in [-0.05, 0) is 24.3 Å². The monoisotopic (exact) mass is 589 g/mol. The molecule has 3 N–H and O–H groups in total. The lowest BCUT2D eigenvalue weighted by Crippen LogP contribution is -2.54. The second-order valence-corrected chi connectivity index (χ2v) is 10.2. The van der Waals surface area contributed by atoms with Crippen molar-refractivity contribution in [1.82, 2.24) is 15.1 Å². The summed E-state index contributed by atoms with van der Waals surface area (Å²) in [5.41, 5.74) is 0.186. The molecule has 2 saturated heterocycles. The number of benzene rings is 2.